The van der Waals surface area contributed by atoms with Gasteiger partial charge >= 0.3 is 0 Å². The summed E-state index contributed by atoms with van der Waals surface area (Å²) in [7, 11) is 0. The highest BCUT2D eigenvalue weighted by Gasteiger charge is 2.10. The van der Waals surface area contributed by atoms with E-state index in [1.54, 1.807) is 24.3 Å². The zero-order valence-corrected chi connectivity index (χ0v) is 9.92. The molecule has 0 aliphatic heterocycles. The van der Waals surface area contributed by atoms with Gasteiger partial charge in [0.05, 0.1) is 29.1 Å². The van der Waals surface area contributed by atoms with E-state index in [0.29, 0.717) is 22.8 Å². The minimum atomic E-state index is -0.626. The summed E-state index contributed by atoms with van der Waals surface area (Å²) in [5, 5.41) is 11.8. The fourth-order valence-corrected chi connectivity index (χ4v) is 1.57. The molecule has 6 nitrogen and oxygen atoms in total. The molecule has 0 aliphatic carbocycles. The van der Waals surface area contributed by atoms with Crippen LogP contribution in [-0.4, -0.2) is 10.9 Å². The van der Waals surface area contributed by atoms with Crippen molar-refractivity contribution in [3.8, 4) is 6.07 Å². The molecule has 0 radical (unpaired) electrons. The number of nitriles is 1. The van der Waals surface area contributed by atoms with Crippen molar-refractivity contribution in [2.45, 2.75) is 0 Å². The summed E-state index contributed by atoms with van der Waals surface area (Å²) in [4.78, 5) is 15.4. The number of rotatable bonds is 3. The number of carbonyl (C=O) groups is 1. The van der Waals surface area contributed by atoms with E-state index in [1.165, 1.54) is 12.3 Å². The van der Waals surface area contributed by atoms with E-state index >= 15 is 0 Å². The third kappa shape index (κ3) is 2.79. The zero-order valence-electron chi connectivity index (χ0n) is 9.92. The number of pyridine rings is 1. The number of nitrogens with two attached hydrogens (primary N) is 2. The van der Waals surface area contributed by atoms with E-state index in [2.05, 4.69) is 10.3 Å². The van der Waals surface area contributed by atoms with Gasteiger partial charge in [-0.05, 0) is 24.3 Å². The van der Waals surface area contributed by atoms with Crippen LogP contribution >= 0.6 is 0 Å². The fourth-order valence-electron chi connectivity index (χ4n) is 1.57. The van der Waals surface area contributed by atoms with Crippen LogP contribution in [0.5, 0.6) is 0 Å². The molecule has 0 atom stereocenters. The highest BCUT2D eigenvalue weighted by Crippen LogP contribution is 2.20. The van der Waals surface area contributed by atoms with Crippen LogP contribution in [0, 0.1) is 11.3 Å². The molecule has 1 aromatic heterocycles. The summed E-state index contributed by atoms with van der Waals surface area (Å²) in [5.74, 6) is -0.324. The smallest absolute Gasteiger partial charge is 0.252 e. The predicted molar refractivity (Wildman–Crippen MR) is 71.6 cm³/mol. The molecular formula is C13H11N5O. The maximum atomic E-state index is 11.3. The molecule has 0 saturated heterocycles. The Labute approximate surface area is 109 Å². The van der Waals surface area contributed by atoms with E-state index < -0.39 is 5.91 Å². The Kier molecular flexibility index (Phi) is 3.30. The van der Waals surface area contributed by atoms with Gasteiger partial charge in [-0.2, -0.15) is 5.26 Å². The Balaban J connectivity index is 2.38. The number of amides is 1. The monoisotopic (exact) mass is 253 g/mol. The molecule has 0 fully saturated rings. The van der Waals surface area contributed by atoms with Gasteiger partial charge in [0.1, 0.15) is 5.82 Å². The van der Waals surface area contributed by atoms with Gasteiger partial charge in [0, 0.05) is 5.69 Å². The maximum Gasteiger partial charge on any atom is 0.252 e. The van der Waals surface area contributed by atoms with Crippen LogP contribution in [-0.2, 0) is 0 Å². The molecule has 0 aliphatic rings. The zero-order chi connectivity index (χ0) is 13.8. The third-order valence-electron chi connectivity index (χ3n) is 2.43. The number of primary amides is 1. The van der Waals surface area contributed by atoms with Gasteiger partial charge in [0.15, 0.2) is 0 Å². The number of benzene rings is 1. The minimum Gasteiger partial charge on any atom is -0.397 e. The van der Waals surface area contributed by atoms with Crippen LogP contribution in [0.3, 0.4) is 0 Å². The second-order valence-electron chi connectivity index (χ2n) is 3.85. The average molecular weight is 253 g/mol. The number of nitrogens with zero attached hydrogens (tertiary/aromatic N) is 2. The van der Waals surface area contributed by atoms with Crippen LogP contribution in [0.1, 0.15) is 15.9 Å². The van der Waals surface area contributed by atoms with E-state index in [1.807, 2.05) is 6.07 Å². The Hall–Kier alpha value is -3.07. The molecule has 2 aromatic rings. The molecule has 0 spiro atoms. The minimum absolute atomic E-state index is 0.197. The van der Waals surface area contributed by atoms with Gasteiger partial charge in [0.25, 0.3) is 5.91 Å². The van der Waals surface area contributed by atoms with Crippen LogP contribution in [0.25, 0.3) is 0 Å². The van der Waals surface area contributed by atoms with Crippen LogP contribution in [0.2, 0.25) is 0 Å². The Morgan fingerprint density at radius 1 is 1.37 bits per heavy atom. The lowest BCUT2D eigenvalue weighted by Gasteiger charge is -2.09. The quantitative estimate of drug-likeness (QED) is 0.763. The van der Waals surface area contributed by atoms with E-state index in [-0.39, 0.29) is 5.56 Å². The lowest BCUT2D eigenvalue weighted by Crippen LogP contribution is -2.14. The lowest BCUT2D eigenvalue weighted by molar-refractivity contribution is 0.100. The Bertz CT molecular complexity index is 675. The molecule has 0 bridgehead atoms. The van der Waals surface area contributed by atoms with Crippen LogP contribution < -0.4 is 16.8 Å². The standard InChI is InChI=1S/C13H11N5O/c14-6-8-2-1-3-10(4-8)18-13-11(12(16)19)5-9(15)7-17-13/h1-5,7H,15H2,(H2,16,19)(H,17,18). The molecule has 94 valence electrons. The third-order valence-corrected chi connectivity index (χ3v) is 2.43. The first-order valence-corrected chi connectivity index (χ1v) is 5.42. The highest BCUT2D eigenvalue weighted by molar-refractivity contribution is 5.99. The number of carbonyl (C=O) groups excluding carboxylic acids is 1. The summed E-state index contributed by atoms with van der Waals surface area (Å²) in [6, 6.07) is 10.3. The molecule has 0 saturated carbocycles. The van der Waals surface area contributed by atoms with Crippen LogP contribution in [0.4, 0.5) is 17.2 Å². The molecule has 1 aromatic carbocycles. The van der Waals surface area contributed by atoms with Gasteiger partial charge < -0.3 is 16.8 Å². The van der Waals surface area contributed by atoms with Crippen molar-refractivity contribution in [1.29, 1.82) is 5.26 Å². The number of hydrogen-bond donors (Lipinski definition) is 3. The normalized spacial score (nSPS) is 9.63. The number of hydrogen-bond acceptors (Lipinski definition) is 5. The first-order valence-electron chi connectivity index (χ1n) is 5.42. The van der Waals surface area contributed by atoms with Gasteiger partial charge in [-0.1, -0.05) is 6.07 Å². The molecule has 6 heteroatoms. The van der Waals surface area contributed by atoms with E-state index in [4.69, 9.17) is 16.7 Å². The van der Waals surface area contributed by atoms with Crippen molar-refractivity contribution < 1.29 is 4.79 Å². The lowest BCUT2D eigenvalue weighted by atomic mass is 10.2. The first-order chi connectivity index (χ1) is 9.10. The fraction of sp³-hybridized carbons (Fsp3) is 0. The molecule has 1 amide bonds. The first kappa shape index (κ1) is 12.4. The van der Waals surface area contributed by atoms with Crippen molar-refractivity contribution in [2.75, 3.05) is 11.1 Å². The van der Waals surface area contributed by atoms with Crippen molar-refractivity contribution in [3.63, 3.8) is 0 Å². The Morgan fingerprint density at radius 2 is 2.16 bits per heavy atom. The van der Waals surface area contributed by atoms with Crippen molar-refractivity contribution in [3.05, 3.63) is 47.7 Å². The molecule has 1 heterocycles. The Morgan fingerprint density at radius 3 is 2.84 bits per heavy atom. The number of aromatic nitrogens is 1. The summed E-state index contributed by atoms with van der Waals surface area (Å²) in [5.41, 5.74) is 12.5. The largest absolute Gasteiger partial charge is 0.397 e. The molecule has 2 rings (SSSR count). The summed E-state index contributed by atoms with van der Waals surface area (Å²) in [6.45, 7) is 0. The molecular weight excluding hydrogens is 242 g/mol. The molecule has 0 unspecified atom stereocenters. The topological polar surface area (TPSA) is 118 Å². The summed E-state index contributed by atoms with van der Waals surface area (Å²) in [6.07, 6.45) is 1.42. The van der Waals surface area contributed by atoms with Gasteiger partial charge in [0.2, 0.25) is 0 Å². The van der Waals surface area contributed by atoms with E-state index in [0.717, 1.165) is 0 Å². The SMILES string of the molecule is N#Cc1cccc(Nc2ncc(N)cc2C(N)=O)c1. The van der Waals surface area contributed by atoms with Crippen molar-refractivity contribution in [2.24, 2.45) is 5.73 Å². The number of anilines is 3. The second kappa shape index (κ2) is 5.06. The van der Waals surface area contributed by atoms with Gasteiger partial charge in [-0.25, -0.2) is 4.98 Å². The maximum absolute atomic E-state index is 11.3. The second-order valence-corrected chi connectivity index (χ2v) is 3.85. The van der Waals surface area contributed by atoms with Crippen molar-refractivity contribution >= 4 is 23.1 Å². The predicted octanol–water partition coefficient (Wildman–Crippen LogP) is 1.38. The molecule has 19 heavy (non-hydrogen) atoms. The van der Waals surface area contributed by atoms with Gasteiger partial charge in [-0.3, -0.25) is 4.79 Å². The van der Waals surface area contributed by atoms with Crippen molar-refractivity contribution in [1.82, 2.24) is 4.98 Å². The summed E-state index contributed by atoms with van der Waals surface area (Å²) < 4.78 is 0. The highest BCUT2D eigenvalue weighted by atomic mass is 16.1. The van der Waals surface area contributed by atoms with E-state index in [9.17, 15) is 4.79 Å². The summed E-state index contributed by atoms with van der Waals surface area (Å²) >= 11 is 0. The molecule has 5 N–H and O–H groups in total. The number of nitrogen functional groups attached to an aromatic ring is 1. The van der Waals surface area contributed by atoms with Crippen LogP contribution in [0.15, 0.2) is 36.5 Å². The number of nitrogens with one attached hydrogen (secondary N) is 1. The average Bonchev–Trinajstić information content (AvgIpc) is 2.41. The van der Waals surface area contributed by atoms with Gasteiger partial charge in [-0.15, -0.1) is 0 Å².